The standard InChI is InChI=1S/C12H23NO5S/c1-10(2)19(17,18)9-11(14)13-8-6-4-3-5-7-12(15)16/h10H,3-9H2,1-2H3,(H,13,14)(H,15,16). The third-order valence-electron chi connectivity index (χ3n) is 2.69. The number of amides is 1. The molecule has 19 heavy (non-hydrogen) atoms. The molecule has 0 aromatic carbocycles. The highest BCUT2D eigenvalue weighted by molar-refractivity contribution is 7.92. The fraction of sp³-hybridized carbons (Fsp3) is 0.833. The lowest BCUT2D eigenvalue weighted by molar-refractivity contribution is -0.137. The minimum atomic E-state index is -3.34. The molecule has 0 rings (SSSR count). The predicted molar refractivity (Wildman–Crippen MR) is 72.7 cm³/mol. The number of unbranched alkanes of at least 4 members (excludes halogenated alkanes) is 3. The first-order valence-corrected chi connectivity index (χ1v) is 8.17. The maximum Gasteiger partial charge on any atom is 0.303 e. The molecule has 0 heterocycles. The van der Waals surface area contributed by atoms with Crippen LogP contribution in [0.15, 0.2) is 0 Å². The molecular weight excluding hydrogens is 270 g/mol. The molecule has 0 spiro atoms. The van der Waals surface area contributed by atoms with Gasteiger partial charge in [0.25, 0.3) is 0 Å². The van der Waals surface area contributed by atoms with Crippen LogP contribution in [0, 0.1) is 0 Å². The quantitative estimate of drug-likeness (QED) is 0.584. The number of hydrogen-bond donors (Lipinski definition) is 2. The Morgan fingerprint density at radius 1 is 1.11 bits per heavy atom. The van der Waals surface area contributed by atoms with Gasteiger partial charge in [-0.25, -0.2) is 8.42 Å². The normalized spacial score (nSPS) is 11.5. The monoisotopic (exact) mass is 293 g/mol. The molecule has 0 saturated heterocycles. The van der Waals surface area contributed by atoms with Crippen molar-refractivity contribution in [2.24, 2.45) is 0 Å². The Hall–Kier alpha value is -1.11. The van der Waals surface area contributed by atoms with Gasteiger partial charge in [0.05, 0.1) is 5.25 Å². The molecule has 2 N–H and O–H groups in total. The molecule has 0 atom stereocenters. The summed E-state index contributed by atoms with van der Waals surface area (Å²) >= 11 is 0. The van der Waals surface area contributed by atoms with Gasteiger partial charge >= 0.3 is 5.97 Å². The number of carbonyl (C=O) groups excluding carboxylic acids is 1. The maximum absolute atomic E-state index is 11.5. The van der Waals surface area contributed by atoms with E-state index in [1.54, 1.807) is 13.8 Å². The number of nitrogens with one attached hydrogen (secondary N) is 1. The average molecular weight is 293 g/mol. The molecule has 0 aliphatic rings. The van der Waals surface area contributed by atoms with E-state index >= 15 is 0 Å². The molecule has 0 radical (unpaired) electrons. The fourth-order valence-electron chi connectivity index (χ4n) is 1.38. The molecular formula is C12H23NO5S. The highest BCUT2D eigenvalue weighted by Crippen LogP contribution is 2.03. The third-order valence-corrected chi connectivity index (χ3v) is 4.79. The van der Waals surface area contributed by atoms with Gasteiger partial charge in [-0.15, -0.1) is 0 Å². The van der Waals surface area contributed by atoms with E-state index in [2.05, 4.69) is 5.32 Å². The first kappa shape index (κ1) is 17.9. The number of aliphatic carboxylic acids is 1. The average Bonchev–Trinajstić information content (AvgIpc) is 2.26. The van der Waals surface area contributed by atoms with Gasteiger partial charge in [0.1, 0.15) is 5.75 Å². The van der Waals surface area contributed by atoms with Gasteiger partial charge < -0.3 is 10.4 Å². The van der Waals surface area contributed by atoms with Crippen LogP contribution in [0.5, 0.6) is 0 Å². The summed E-state index contributed by atoms with van der Waals surface area (Å²) in [6, 6.07) is 0. The second-order valence-electron chi connectivity index (χ2n) is 4.76. The number of carboxylic acid groups (broad SMARTS) is 1. The molecule has 0 saturated carbocycles. The van der Waals surface area contributed by atoms with Gasteiger partial charge in [-0.05, 0) is 26.7 Å². The second kappa shape index (κ2) is 8.90. The Labute approximate surface area is 114 Å². The zero-order chi connectivity index (χ0) is 14.9. The predicted octanol–water partition coefficient (Wildman–Crippen LogP) is 0.961. The van der Waals surface area contributed by atoms with E-state index in [1.807, 2.05) is 0 Å². The molecule has 0 bridgehead atoms. The number of carbonyl (C=O) groups is 2. The Balaban J connectivity index is 3.63. The van der Waals surface area contributed by atoms with Crippen LogP contribution in [0.2, 0.25) is 0 Å². The van der Waals surface area contributed by atoms with Gasteiger partial charge in [-0.2, -0.15) is 0 Å². The molecule has 1 amide bonds. The van der Waals surface area contributed by atoms with Gasteiger partial charge in [0, 0.05) is 13.0 Å². The SMILES string of the molecule is CC(C)S(=O)(=O)CC(=O)NCCCCCCC(=O)O. The van der Waals surface area contributed by atoms with Crippen LogP contribution in [0.3, 0.4) is 0 Å². The topological polar surface area (TPSA) is 101 Å². The molecule has 0 aliphatic carbocycles. The van der Waals surface area contributed by atoms with Gasteiger partial charge in [0.15, 0.2) is 9.84 Å². The zero-order valence-corrected chi connectivity index (χ0v) is 12.3. The van der Waals surface area contributed by atoms with Crippen molar-refractivity contribution in [3.05, 3.63) is 0 Å². The summed E-state index contributed by atoms with van der Waals surface area (Å²) in [5, 5.41) is 10.4. The Morgan fingerprint density at radius 3 is 2.21 bits per heavy atom. The van der Waals surface area contributed by atoms with Crippen LogP contribution in [-0.2, 0) is 19.4 Å². The number of hydrogen-bond acceptors (Lipinski definition) is 4. The van der Waals surface area contributed by atoms with E-state index < -0.39 is 32.7 Å². The van der Waals surface area contributed by atoms with E-state index in [0.29, 0.717) is 13.0 Å². The molecule has 0 aliphatic heterocycles. The maximum atomic E-state index is 11.5. The molecule has 0 aromatic rings. The molecule has 7 heteroatoms. The van der Waals surface area contributed by atoms with E-state index in [-0.39, 0.29) is 6.42 Å². The smallest absolute Gasteiger partial charge is 0.303 e. The van der Waals surface area contributed by atoms with E-state index in [0.717, 1.165) is 19.3 Å². The Kier molecular flexibility index (Phi) is 8.38. The summed E-state index contributed by atoms with van der Waals surface area (Å²) in [7, 11) is -3.34. The summed E-state index contributed by atoms with van der Waals surface area (Å²) in [5.41, 5.74) is 0. The minimum absolute atomic E-state index is 0.166. The summed E-state index contributed by atoms with van der Waals surface area (Å²) < 4.78 is 22.9. The van der Waals surface area contributed by atoms with Crippen molar-refractivity contribution in [1.29, 1.82) is 0 Å². The van der Waals surface area contributed by atoms with Crippen molar-refractivity contribution in [3.8, 4) is 0 Å². The van der Waals surface area contributed by atoms with Gasteiger partial charge in [0.2, 0.25) is 5.91 Å². The van der Waals surface area contributed by atoms with Crippen molar-refractivity contribution >= 4 is 21.7 Å². The zero-order valence-electron chi connectivity index (χ0n) is 11.5. The first-order chi connectivity index (χ1) is 8.75. The lowest BCUT2D eigenvalue weighted by Crippen LogP contribution is -2.33. The lowest BCUT2D eigenvalue weighted by Gasteiger charge is -2.08. The Morgan fingerprint density at radius 2 is 1.68 bits per heavy atom. The highest BCUT2D eigenvalue weighted by atomic mass is 32.2. The van der Waals surface area contributed by atoms with Crippen LogP contribution >= 0.6 is 0 Å². The van der Waals surface area contributed by atoms with E-state index in [1.165, 1.54) is 0 Å². The van der Waals surface area contributed by atoms with Crippen molar-refractivity contribution in [1.82, 2.24) is 5.32 Å². The fourth-order valence-corrected chi connectivity index (χ4v) is 2.18. The summed E-state index contributed by atoms with van der Waals surface area (Å²) in [6.07, 6.45) is 3.15. The summed E-state index contributed by atoms with van der Waals surface area (Å²) in [6.45, 7) is 3.52. The molecule has 6 nitrogen and oxygen atoms in total. The van der Waals surface area contributed by atoms with Gasteiger partial charge in [-0.1, -0.05) is 12.8 Å². The number of carboxylic acids is 1. The first-order valence-electron chi connectivity index (χ1n) is 6.45. The van der Waals surface area contributed by atoms with E-state index in [9.17, 15) is 18.0 Å². The van der Waals surface area contributed by atoms with Crippen LogP contribution in [0.1, 0.15) is 46.0 Å². The third kappa shape index (κ3) is 9.47. The van der Waals surface area contributed by atoms with Crippen LogP contribution in [-0.4, -0.2) is 42.9 Å². The van der Waals surface area contributed by atoms with Crippen LogP contribution in [0.4, 0.5) is 0 Å². The minimum Gasteiger partial charge on any atom is -0.481 e. The van der Waals surface area contributed by atoms with Crippen LogP contribution < -0.4 is 5.32 Å². The van der Waals surface area contributed by atoms with Gasteiger partial charge in [-0.3, -0.25) is 9.59 Å². The van der Waals surface area contributed by atoms with Crippen molar-refractivity contribution in [2.75, 3.05) is 12.3 Å². The molecule has 0 fully saturated rings. The van der Waals surface area contributed by atoms with E-state index in [4.69, 9.17) is 5.11 Å². The number of rotatable bonds is 10. The molecule has 0 aromatic heterocycles. The van der Waals surface area contributed by atoms with Crippen LogP contribution in [0.25, 0.3) is 0 Å². The Bertz CT molecular complexity index is 389. The highest BCUT2D eigenvalue weighted by Gasteiger charge is 2.19. The molecule has 112 valence electrons. The number of sulfone groups is 1. The molecule has 0 unspecified atom stereocenters. The van der Waals surface area contributed by atoms with Crippen molar-refractivity contribution in [2.45, 2.75) is 51.2 Å². The second-order valence-corrected chi connectivity index (χ2v) is 7.32. The van der Waals surface area contributed by atoms with Crippen molar-refractivity contribution in [3.63, 3.8) is 0 Å². The largest absolute Gasteiger partial charge is 0.481 e. The summed E-state index contributed by atoms with van der Waals surface area (Å²) in [5.74, 6) is -1.74. The van der Waals surface area contributed by atoms with Crippen molar-refractivity contribution < 1.29 is 23.1 Å². The lowest BCUT2D eigenvalue weighted by atomic mass is 10.1. The summed E-state index contributed by atoms with van der Waals surface area (Å²) in [4.78, 5) is 21.6.